The summed E-state index contributed by atoms with van der Waals surface area (Å²) >= 11 is 17.6. The van der Waals surface area contributed by atoms with Crippen LogP contribution in [0.5, 0.6) is 5.75 Å². The van der Waals surface area contributed by atoms with Gasteiger partial charge < -0.3 is 9.47 Å². The molecule has 0 aliphatic heterocycles. The second-order valence-corrected chi connectivity index (χ2v) is 7.92. The van der Waals surface area contributed by atoms with Crippen LogP contribution in [0.3, 0.4) is 0 Å². The maximum atomic E-state index is 11.8. The summed E-state index contributed by atoms with van der Waals surface area (Å²) in [6, 6.07) is 2.84. The molecule has 1 aromatic carbocycles. The molecule has 0 amide bonds. The van der Waals surface area contributed by atoms with Crippen LogP contribution in [-0.4, -0.2) is 18.5 Å². The summed E-state index contributed by atoms with van der Waals surface area (Å²) in [6.45, 7) is 2.66. The van der Waals surface area contributed by atoms with Gasteiger partial charge in [0.25, 0.3) is 0 Å². The SMILES string of the molecule is CCCCCCCCCCOC(=O)CCCC(=O)Oc1cc(Cl)c(Cl)c(Cl)c1. The number of ether oxygens (including phenoxy) is 2. The van der Waals surface area contributed by atoms with Crippen LogP contribution >= 0.6 is 34.8 Å². The zero-order valence-corrected chi connectivity index (χ0v) is 18.7. The molecule has 0 unspecified atom stereocenters. The number of benzene rings is 1. The van der Waals surface area contributed by atoms with Gasteiger partial charge in [0, 0.05) is 25.0 Å². The van der Waals surface area contributed by atoms with Crippen molar-refractivity contribution in [1.29, 1.82) is 0 Å². The summed E-state index contributed by atoms with van der Waals surface area (Å²) in [7, 11) is 0. The first-order valence-electron chi connectivity index (χ1n) is 9.95. The van der Waals surface area contributed by atoms with Gasteiger partial charge in [-0.05, 0) is 12.8 Å². The molecule has 0 spiro atoms. The summed E-state index contributed by atoms with van der Waals surface area (Å²) in [5, 5.41) is 0.630. The summed E-state index contributed by atoms with van der Waals surface area (Å²) < 4.78 is 10.3. The Morgan fingerprint density at radius 2 is 1.32 bits per heavy atom. The highest BCUT2D eigenvalue weighted by molar-refractivity contribution is 6.48. The van der Waals surface area contributed by atoms with Gasteiger partial charge in [-0.25, -0.2) is 0 Å². The van der Waals surface area contributed by atoms with Gasteiger partial charge in [-0.15, -0.1) is 0 Å². The molecule has 0 saturated carbocycles. The van der Waals surface area contributed by atoms with Crippen LogP contribution in [0.25, 0.3) is 0 Å². The Balaban J connectivity index is 2.07. The first-order valence-corrected chi connectivity index (χ1v) is 11.1. The summed E-state index contributed by atoms with van der Waals surface area (Å²) in [4.78, 5) is 23.5. The Morgan fingerprint density at radius 3 is 1.93 bits per heavy atom. The molecule has 0 aliphatic carbocycles. The minimum Gasteiger partial charge on any atom is -0.466 e. The van der Waals surface area contributed by atoms with Crippen LogP contribution in [0.2, 0.25) is 15.1 Å². The van der Waals surface area contributed by atoms with Gasteiger partial charge in [-0.3, -0.25) is 9.59 Å². The monoisotopic (exact) mass is 450 g/mol. The van der Waals surface area contributed by atoms with Crippen LogP contribution in [0.15, 0.2) is 12.1 Å². The lowest BCUT2D eigenvalue weighted by atomic mass is 10.1. The van der Waals surface area contributed by atoms with Crippen molar-refractivity contribution >= 4 is 46.7 Å². The number of hydrogen-bond acceptors (Lipinski definition) is 4. The molecule has 0 aliphatic rings. The second kappa shape index (κ2) is 14.9. The molecular formula is C21H29Cl3O4. The Labute approximate surface area is 182 Å². The van der Waals surface area contributed by atoms with Crippen LogP contribution in [0.4, 0.5) is 0 Å². The van der Waals surface area contributed by atoms with Gasteiger partial charge in [-0.2, -0.15) is 0 Å². The van der Waals surface area contributed by atoms with Crippen molar-refractivity contribution < 1.29 is 19.1 Å². The van der Waals surface area contributed by atoms with Crippen molar-refractivity contribution in [1.82, 2.24) is 0 Å². The maximum Gasteiger partial charge on any atom is 0.311 e. The van der Waals surface area contributed by atoms with E-state index in [2.05, 4.69) is 6.92 Å². The van der Waals surface area contributed by atoms with E-state index in [9.17, 15) is 9.59 Å². The number of rotatable bonds is 14. The average molecular weight is 452 g/mol. The zero-order chi connectivity index (χ0) is 20.8. The fourth-order valence-corrected chi connectivity index (χ4v) is 3.22. The number of carbonyl (C=O) groups is 2. The van der Waals surface area contributed by atoms with Gasteiger partial charge in [-0.1, -0.05) is 86.7 Å². The van der Waals surface area contributed by atoms with Crippen LogP contribution in [0, 0.1) is 0 Å². The van der Waals surface area contributed by atoms with E-state index < -0.39 is 5.97 Å². The minimum atomic E-state index is -0.467. The molecule has 0 atom stereocenters. The van der Waals surface area contributed by atoms with Gasteiger partial charge >= 0.3 is 11.9 Å². The summed E-state index contributed by atoms with van der Waals surface area (Å²) in [6.07, 6.45) is 10.2. The molecule has 0 bridgehead atoms. The minimum absolute atomic E-state index is 0.102. The van der Waals surface area contributed by atoms with Crippen LogP contribution in [-0.2, 0) is 14.3 Å². The Hall–Kier alpha value is -0.970. The molecule has 7 heteroatoms. The van der Waals surface area contributed by atoms with Crippen molar-refractivity contribution in [3.05, 3.63) is 27.2 Å². The first kappa shape index (κ1) is 25.1. The molecule has 1 rings (SSSR count). The van der Waals surface area contributed by atoms with Gasteiger partial charge in [0.05, 0.1) is 21.7 Å². The highest BCUT2D eigenvalue weighted by Crippen LogP contribution is 2.34. The molecule has 0 N–H and O–H groups in total. The molecule has 158 valence electrons. The van der Waals surface area contributed by atoms with E-state index in [0.717, 1.165) is 12.8 Å². The van der Waals surface area contributed by atoms with E-state index in [1.54, 1.807) is 0 Å². The Morgan fingerprint density at radius 1 is 0.786 bits per heavy atom. The van der Waals surface area contributed by atoms with Crippen molar-refractivity contribution in [2.45, 2.75) is 77.6 Å². The zero-order valence-electron chi connectivity index (χ0n) is 16.4. The molecule has 1 aromatic rings. The lowest BCUT2D eigenvalue weighted by Crippen LogP contribution is -2.10. The molecule has 0 saturated heterocycles. The van der Waals surface area contributed by atoms with Crippen LogP contribution < -0.4 is 4.74 Å². The number of halogens is 3. The van der Waals surface area contributed by atoms with E-state index in [1.165, 1.54) is 50.7 Å². The summed E-state index contributed by atoms with van der Waals surface area (Å²) in [5.41, 5.74) is 0. The largest absolute Gasteiger partial charge is 0.466 e. The Kier molecular flexibility index (Phi) is 13.4. The smallest absolute Gasteiger partial charge is 0.311 e. The van der Waals surface area contributed by atoms with Crippen molar-refractivity contribution in [2.75, 3.05) is 6.61 Å². The number of carbonyl (C=O) groups excluding carboxylic acids is 2. The Bertz CT molecular complexity index is 597. The average Bonchev–Trinajstić information content (AvgIpc) is 2.64. The van der Waals surface area contributed by atoms with E-state index in [0.29, 0.717) is 13.0 Å². The molecule has 28 heavy (non-hydrogen) atoms. The second-order valence-electron chi connectivity index (χ2n) is 6.72. The van der Waals surface area contributed by atoms with E-state index in [-0.39, 0.29) is 39.6 Å². The standard InChI is InChI=1S/C21H29Cl3O4/c1-2-3-4-5-6-7-8-9-13-27-19(25)11-10-12-20(26)28-16-14-17(22)21(24)18(23)15-16/h14-15H,2-13H2,1H3. The maximum absolute atomic E-state index is 11.8. The molecule has 4 nitrogen and oxygen atoms in total. The third kappa shape index (κ3) is 11.1. The highest BCUT2D eigenvalue weighted by Gasteiger charge is 2.11. The fraction of sp³-hybridized carbons (Fsp3) is 0.619. The number of unbranched alkanes of at least 4 members (excludes halogenated alkanes) is 7. The first-order chi connectivity index (χ1) is 13.4. The van der Waals surface area contributed by atoms with Gasteiger partial charge in [0.15, 0.2) is 0 Å². The quantitative estimate of drug-likeness (QED) is 0.128. The lowest BCUT2D eigenvalue weighted by Gasteiger charge is -2.07. The summed E-state index contributed by atoms with van der Waals surface area (Å²) in [5.74, 6) is -0.527. The molecule has 0 fully saturated rings. The van der Waals surface area contributed by atoms with Gasteiger partial charge in [0.2, 0.25) is 0 Å². The third-order valence-electron chi connectivity index (χ3n) is 4.21. The fourth-order valence-electron chi connectivity index (χ4n) is 2.64. The number of hydrogen-bond donors (Lipinski definition) is 0. The molecular weight excluding hydrogens is 423 g/mol. The predicted octanol–water partition coefficient (Wildman–Crippen LogP) is 7.41. The van der Waals surface area contributed by atoms with E-state index >= 15 is 0 Å². The van der Waals surface area contributed by atoms with E-state index in [4.69, 9.17) is 44.3 Å². The molecule has 0 radical (unpaired) electrons. The molecule has 0 heterocycles. The van der Waals surface area contributed by atoms with Gasteiger partial charge in [0.1, 0.15) is 5.75 Å². The van der Waals surface area contributed by atoms with Crippen molar-refractivity contribution in [2.24, 2.45) is 0 Å². The molecule has 0 aromatic heterocycles. The van der Waals surface area contributed by atoms with E-state index in [1.807, 2.05) is 0 Å². The number of esters is 2. The van der Waals surface area contributed by atoms with Crippen molar-refractivity contribution in [3.63, 3.8) is 0 Å². The van der Waals surface area contributed by atoms with Crippen molar-refractivity contribution in [3.8, 4) is 5.75 Å². The predicted molar refractivity (Wildman–Crippen MR) is 115 cm³/mol. The third-order valence-corrected chi connectivity index (χ3v) is 5.41. The van der Waals surface area contributed by atoms with Crippen LogP contribution in [0.1, 0.15) is 77.6 Å². The lowest BCUT2D eigenvalue weighted by molar-refractivity contribution is -0.144. The highest BCUT2D eigenvalue weighted by atomic mass is 35.5. The normalized spacial score (nSPS) is 10.7. The topological polar surface area (TPSA) is 52.6 Å².